The Labute approximate surface area is 104 Å². The van der Waals surface area contributed by atoms with Gasteiger partial charge in [0.15, 0.2) is 0 Å². The van der Waals surface area contributed by atoms with Crippen LogP contribution in [0.2, 0.25) is 0 Å². The molecule has 1 aromatic rings. The van der Waals surface area contributed by atoms with Gasteiger partial charge in [-0.25, -0.2) is 4.98 Å². The number of rotatable bonds is 2. The largest absolute Gasteiger partial charge is 0.357 e. The Bertz CT molecular complexity index is 307. The molecule has 0 aromatic carbocycles. The molecule has 15 heavy (non-hydrogen) atoms. The van der Waals surface area contributed by atoms with Crippen molar-refractivity contribution in [2.75, 3.05) is 23.9 Å². The van der Waals surface area contributed by atoms with E-state index in [0.717, 1.165) is 29.3 Å². The molecular formula is C11H14BrClN2. The molecule has 0 N–H and O–H groups in total. The molecule has 0 atom stereocenters. The Hall–Kier alpha value is -0.280. The molecule has 2 heterocycles. The molecule has 0 radical (unpaired) electrons. The lowest BCUT2D eigenvalue weighted by Crippen LogP contribution is -2.34. The highest BCUT2D eigenvalue weighted by Crippen LogP contribution is 2.23. The average Bonchev–Trinajstić information content (AvgIpc) is 2.30. The third kappa shape index (κ3) is 2.85. The number of piperidine rings is 1. The van der Waals surface area contributed by atoms with Crippen molar-refractivity contribution in [2.24, 2.45) is 5.92 Å². The lowest BCUT2D eigenvalue weighted by Gasteiger charge is -2.31. The quantitative estimate of drug-likeness (QED) is 0.777. The first kappa shape index (κ1) is 11.2. The molecule has 1 aliphatic heterocycles. The zero-order valence-corrected chi connectivity index (χ0v) is 10.8. The van der Waals surface area contributed by atoms with E-state index in [1.165, 1.54) is 12.8 Å². The summed E-state index contributed by atoms with van der Waals surface area (Å²) in [5, 5.41) is 0. The summed E-state index contributed by atoms with van der Waals surface area (Å²) in [4.78, 5) is 6.73. The van der Waals surface area contributed by atoms with Crippen molar-refractivity contribution in [3.05, 3.63) is 22.8 Å². The van der Waals surface area contributed by atoms with Gasteiger partial charge in [-0.05, 0) is 46.8 Å². The molecule has 1 aromatic heterocycles. The van der Waals surface area contributed by atoms with Crippen LogP contribution in [0.3, 0.4) is 0 Å². The first-order valence-electron chi connectivity index (χ1n) is 5.22. The van der Waals surface area contributed by atoms with Crippen LogP contribution < -0.4 is 4.90 Å². The van der Waals surface area contributed by atoms with Crippen molar-refractivity contribution < 1.29 is 0 Å². The SMILES string of the molecule is ClCC1CCN(c2ccc(Br)cn2)CC1. The Morgan fingerprint density at radius 2 is 2.13 bits per heavy atom. The molecule has 2 nitrogen and oxygen atoms in total. The lowest BCUT2D eigenvalue weighted by molar-refractivity contribution is 0.441. The second-order valence-electron chi connectivity index (χ2n) is 3.92. The van der Waals surface area contributed by atoms with E-state index in [1.807, 2.05) is 12.3 Å². The fourth-order valence-corrected chi connectivity index (χ4v) is 2.41. The molecule has 0 saturated carbocycles. The van der Waals surface area contributed by atoms with E-state index in [1.54, 1.807) is 0 Å². The number of hydrogen-bond donors (Lipinski definition) is 0. The van der Waals surface area contributed by atoms with E-state index in [0.29, 0.717) is 5.92 Å². The fourth-order valence-electron chi connectivity index (χ4n) is 1.87. The van der Waals surface area contributed by atoms with E-state index < -0.39 is 0 Å². The van der Waals surface area contributed by atoms with Crippen LogP contribution in [0.15, 0.2) is 22.8 Å². The van der Waals surface area contributed by atoms with Crippen LogP contribution in [-0.2, 0) is 0 Å². The summed E-state index contributed by atoms with van der Waals surface area (Å²) in [6, 6.07) is 4.10. The maximum absolute atomic E-state index is 5.85. The minimum Gasteiger partial charge on any atom is -0.357 e. The smallest absolute Gasteiger partial charge is 0.128 e. The molecule has 0 aliphatic carbocycles. The van der Waals surface area contributed by atoms with Gasteiger partial charge in [0.2, 0.25) is 0 Å². The lowest BCUT2D eigenvalue weighted by atomic mass is 9.99. The number of aromatic nitrogens is 1. The van der Waals surface area contributed by atoms with Crippen molar-refractivity contribution in [3.63, 3.8) is 0 Å². The predicted octanol–water partition coefficient (Wildman–Crippen LogP) is 3.30. The second-order valence-corrected chi connectivity index (χ2v) is 5.14. The van der Waals surface area contributed by atoms with Crippen LogP contribution in [-0.4, -0.2) is 24.0 Å². The number of hydrogen-bond acceptors (Lipinski definition) is 2. The van der Waals surface area contributed by atoms with Crippen molar-refractivity contribution in [3.8, 4) is 0 Å². The fraction of sp³-hybridized carbons (Fsp3) is 0.545. The minimum atomic E-state index is 0.693. The summed E-state index contributed by atoms with van der Waals surface area (Å²) in [6.07, 6.45) is 4.21. The zero-order valence-electron chi connectivity index (χ0n) is 8.50. The summed E-state index contributed by atoms with van der Waals surface area (Å²) >= 11 is 9.25. The molecule has 1 aliphatic rings. The van der Waals surface area contributed by atoms with Gasteiger partial charge in [-0.1, -0.05) is 0 Å². The average molecular weight is 290 g/mol. The molecule has 4 heteroatoms. The summed E-state index contributed by atoms with van der Waals surface area (Å²) in [7, 11) is 0. The summed E-state index contributed by atoms with van der Waals surface area (Å²) in [5.74, 6) is 2.56. The highest BCUT2D eigenvalue weighted by atomic mass is 79.9. The van der Waals surface area contributed by atoms with E-state index in [-0.39, 0.29) is 0 Å². The third-order valence-electron chi connectivity index (χ3n) is 2.87. The van der Waals surface area contributed by atoms with Crippen molar-refractivity contribution in [2.45, 2.75) is 12.8 Å². The van der Waals surface area contributed by atoms with Crippen LogP contribution in [0.4, 0.5) is 5.82 Å². The Kier molecular flexibility index (Phi) is 3.87. The van der Waals surface area contributed by atoms with Crippen LogP contribution in [0.25, 0.3) is 0 Å². The van der Waals surface area contributed by atoms with Gasteiger partial charge in [0.25, 0.3) is 0 Å². The molecule has 2 rings (SSSR count). The van der Waals surface area contributed by atoms with Crippen LogP contribution in [0, 0.1) is 5.92 Å². The van der Waals surface area contributed by atoms with Crippen molar-refractivity contribution in [1.82, 2.24) is 4.98 Å². The van der Waals surface area contributed by atoms with Crippen molar-refractivity contribution >= 4 is 33.3 Å². The first-order valence-corrected chi connectivity index (χ1v) is 6.55. The van der Waals surface area contributed by atoms with Crippen LogP contribution >= 0.6 is 27.5 Å². The molecule has 0 unspecified atom stereocenters. The third-order valence-corrected chi connectivity index (χ3v) is 3.77. The number of anilines is 1. The van der Waals surface area contributed by atoms with Gasteiger partial charge in [-0.2, -0.15) is 0 Å². The predicted molar refractivity (Wildman–Crippen MR) is 67.6 cm³/mol. The second kappa shape index (κ2) is 5.17. The van der Waals surface area contributed by atoms with E-state index in [4.69, 9.17) is 11.6 Å². The molecular weight excluding hydrogens is 275 g/mol. The number of pyridine rings is 1. The first-order chi connectivity index (χ1) is 7.29. The number of alkyl halides is 1. The molecule has 1 fully saturated rings. The topological polar surface area (TPSA) is 16.1 Å². The maximum Gasteiger partial charge on any atom is 0.128 e. The Morgan fingerprint density at radius 3 is 2.67 bits per heavy atom. The van der Waals surface area contributed by atoms with Crippen LogP contribution in [0.1, 0.15) is 12.8 Å². The van der Waals surface area contributed by atoms with Gasteiger partial charge in [-0.3, -0.25) is 0 Å². The van der Waals surface area contributed by atoms with Crippen molar-refractivity contribution in [1.29, 1.82) is 0 Å². The van der Waals surface area contributed by atoms with E-state index >= 15 is 0 Å². The molecule has 82 valence electrons. The van der Waals surface area contributed by atoms with Gasteiger partial charge >= 0.3 is 0 Å². The highest BCUT2D eigenvalue weighted by Gasteiger charge is 2.18. The standard InChI is InChI=1S/C11H14BrClN2/c12-10-1-2-11(14-8-10)15-5-3-9(7-13)4-6-15/h1-2,8-9H,3-7H2. The maximum atomic E-state index is 5.85. The van der Waals surface area contributed by atoms with Gasteiger partial charge in [-0.15, -0.1) is 11.6 Å². The minimum absolute atomic E-state index is 0.693. The molecule has 0 spiro atoms. The monoisotopic (exact) mass is 288 g/mol. The summed E-state index contributed by atoms with van der Waals surface area (Å²) < 4.78 is 1.03. The number of nitrogens with zero attached hydrogens (tertiary/aromatic N) is 2. The van der Waals surface area contributed by atoms with E-state index in [2.05, 4.69) is 31.9 Å². The number of halogens is 2. The summed E-state index contributed by atoms with van der Waals surface area (Å²) in [5.41, 5.74) is 0. The molecule has 0 amide bonds. The normalized spacial score (nSPS) is 18.1. The van der Waals surface area contributed by atoms with Gasteiger partial charge in [0.05, 0.1) is 0 Å². The Morgan fingerprint density at radius 1 is 1.40 bits per heavy atom. The van der Waals surface area contributed by atoms with Gasteiger partial charge in [0.1, 0.15) is 5.82 Å². The van der Waals surface area contributed by atoms with E-state index in [9.17, 15) is 0 Å². The van der Waals surface area contributed by atoms with Gasteiger partial charge < -0.3 is 4.90 Å². The Balaban J connectivity index is 1.98. The summed E-state index contributed by atoms with van der Waals surface area (Å²) in [6.45, 7) is 2.15. The van der Waals surface area contributed by atoms with Gasteiger partial charge in [0, 0.05) is 29.6 Å². The molecule has 0 bridgehead atoms. The highest BCUT2D eigenvalue weighted by molar-refractivity contribution is 9.10. The molecule has 1 saturated heterocycles. The van der Waals surface area contributed by atoms with Crippen LogP contribution in [0.5, 0.6) is 0 Å². The zero-order chi connectivity index (χ0) is 10.7.